The maximum atomic E-state index is 13.5. The summed E-state index contributed by atoms with van der Waals surface area (Å²) >= 11 is 6.47. The Hall–Kier alpha value is -3.77. The molecule has 1 fully saturated rings. The van der Waals surface area contributed by atoms with E-state index in [0.29, 0.717) is 39.3 Å². The minimum absolute atomic E-state index is 0.0708. The van der Waals surface area contributed by atoms with Crippen molar-refractivity contribution in [2.75, 3.05) is 28.2 Å². The van der Waals surface area contributed by atoms with Crippen LogP contribution in [0.2, 0.25) is 5.02 Å². The van der Waals surface area contributed by atoms with Gasteiger partial charge in [-0.1, -0.05) is 23.7 Å². The van der Waals surface area contributed by atoms with Gasteiger partial charge in [0.1, 0.15) is 30.0 Å². The van der Waals surface area contributed by atoms with Gasteiger partial charge in [-0.15, -0.1) is 0 Å². The van der Waals surface area contributed by atoms with Crippen LogP contribution in [0.4, 0.5) is 21.5 Å². The Balaban J connectivity index is 1.46. The van der Waals surface area contributed by atoms with Crippen molar-refractivity contribution in [3.05, 3.63) is 82.8 Å². The molecule has 1 aromatic heterocycles. The molecule has 1 unspecified atom stereocenters. The maximum Gasteiger partial charge on any atom is 0.234 e. The molecule has 15 heteroatoms. The average molecular weight is 677 g/mol. The number of benzene rings is 3. The van der Waals surface area contributed by atoms with Gasteiger partial charge >= 0.3 is 0 Å². The highest BCUT2D eigenvalue weighted by atomic mass is 35.5. The van der Waals surface area contributed by atoms with E-state index in [-0.39, 0.29) is 47.5 Å². The Labute approximate surface area is 262 Å². The number of aromatic nitrogens is 1. The molecule has 0 saturated carbocycles. The van der Waals surface area contributed by atoms with Gasteiger partial charge in [0, 0.05) is 29.1 Å². The SMILES string of the molecule is CCOc1cc2ncc(C#N)c(Nc3ccc(OCc4cccc(F)c4)c(Cl)c3)c2cc1NS(=O)(=O)CC1CCSS1(=O)=O. The minimum Gasteiger partial charge on any atom is -0.492 e. The second-order valence-electron chi connectivity index (χ2n) is 9.75. The molecule has 1 aliphatic rings. The lowest BCUT2D eigenvalue weighted by Gasteiger charge is -2.18. The van der Waals surface area contributed by atoms with E-state index in [1.165, 1.54) is 24.4 Å². The first-order chi connectivity index (χ1) is 21.0. The summed E-state index contributed by atoms with van der Waals surface area (Å²) in [5, 5.41) is 12.7. The lowest BCUT2D eigenvalue weighted by molar-refractivity contribution is 0.306. The molecule has 0 radical (unpaired) electrons. The van der Waals surface area contributed by atoms with E-state index in [4.69, 9.17) is 21.1 Å². The molecule has 10 nitrogen and oxygen atoms in total. The van der Waals surface area contributed by atoms with Crippen LogP contribution in [-0.2, 0) is 25.5 Å². The van der Waals surface area contributed by atoms with Gasteiger partial charge in [0.25, 0.3) is 0 Å². The Morgan fingerprint density at radius 1 is 1.16 bits per heavy atom. The standard InChI is InChI=1S/C29H26ClFN4O6S3/c1-2-40-28-13-25-23(12-26(28)35-43(36,37)17-22-8-9-42-44(22,38)39)29(19(14-32)15-33-25)34-21-6-7-27(24(30)11-21)41-16-18-4-3-5-20(31)10-18/h3-7,10-13,15,22,35H,2,8-9,16-17H2,1H3,(H,33,34). The highest BCUT2D eigenvalue weighted by Crippen LogP contribution is 2.38. The zero-order valence-electron chi connectivity index (χ0n) is 23.2. The fraction of sp³-hybridized carbons (Fsp3) is 0.241. The van der Waals surface area contributed by atoms with Crippen LogP contribution in [0.15, 0.2) is 60.8 Å². The quantitative estimate of drug-likeness (QED) is 0.176. The van der Waals surface area contributed by atoms with Crippen LogP contribution in [0, 0.1) is 17.1 Å². The van der Waals surface area contributed by atoms with Gasteiger partial charge in [-0.3, -0.25) is 9.71 Å². The van der Waals surface area contributed by atoms with Crippen molar-refractivity contribution in [3.63, 3.8) is 0 Å². The minimum atomic E-state index is -4.10. The Bertz CT molecular complexity index is 1990. The third-order valence-corrected chi connectivity index (χ3v) is 12.8. The highest BCUT2D eigenvalue weighted by Gasteiger charge is 2.36. The van der Waals surface area contributed by atoms with E-state index in [1.807, 2.05) is 0 Å². The summed E-state index contributed by atoms with van der Waals surface area (Å²) in [5.74, 6) is -0.0789. The number of pyridine rings is 1. The molecular weight excluding hydrogens is 651 g/mol. The lowest BCUT2D eigenvalue weighted by Crippen LogP contribution is -2.28. The zero-order chi connectivity index (χ0) is 31.5. The van der Waals surface area contributed by atoms with Crippen LogP contribution in [0.3, 0.4) is 0 Å². The van der Waals surface area contributed by atoms with Crippen LogP contribution in [0.1, 0.15) is 24.5 Å². The fourth-order valence-corrected chi connectivity index (χ4v) is 11.0. The molecule has 0 bridgehead atoms. The Morgan fingerprint density at radius 2 is 1.98 bits per heavy atom. The van der Waals surface area contributed by atoms with Gasteiger partial charge in [0.15, 0.2) is 0 Å². The van der Waals surface area contributed by atoms with Crippen molar-refractivity contribution in [1.82, 2.24) is 4.98 Å². The summed E-state index contributed by atoms with van der Waals surface area (Å²) in [4.78, 5) is 4.35. The van der Waals surface area contributed by atoms with E-state index < -0.39 is 29.9 Å². The third kappa shape index (κ3) is 7.29. The number of fused-ring (bicyclic) bond motifs is 1. The maximum absolute atomic E-state index is 13.5. The molecular formula is C29H26ClFN4O6S3. The summed E-state index contributed by atoms with van der Waals surface area (Å²) in [6.45, 7) is 2.06. The number of hydrogen-bond donors (Lipinski definition) is 2. The molecule has 5 rings (SSSR count). The van der Waals surface area contributed by atoms with Crippen molar-refractivity contribution >= 4 is 69.3 Å². The molecule has 4 aromatic rings. The largest absolute Gasteiger partial charge is 0.492 e. The van der Waals surface area contributed by atoms with E-state index in [2.05, 4.69) is 21.1 Å². The Kier molecular flexibility index (Phi) is 9.40. The number of nitrogens with zero attached hydrogens (tertiary/aromatic N) is 2. The number of sulfonamides is 1. The van der Waals surface area contributed by atoms with E-state index in [9.17, 15) is 26.5 Å². The monoisotopic (exact) mass is 676 g/mol. The van der Waals surface area contributed by atoms with Crippen LogP contribution in [0.5, 0.6) is 11.5 Å². The van der Waals surface area contributed by atoms with Crippen molar-refractivity contribution in [2.24, 2.45) is 0 Å². The van der Waals surface area contributed by atoms with Crippen molar-refractivity contribution < 1.29 is 30.7 Å². The van der Waals surface area contributed by atoms with Gasteiger partial charge in [0.2, 0.25) is 18.9 Å². The van der Waals surface area contributed by atoms with Crippen LogP contribution in [0.25, 0.3) is 10.9 Å². The smallest absolute Gasteiger partial charge is 0.234 e. The van der Waals surface area contributed by atoms with Gasteiger partial charge in [-0.2, -0.15) is 5.26 Å². The molecule has 230 valence electrons. The lowest BCUT2D eigenvalue weighted by atomic mass is 10.1. The van der Waals surface area contributed by atoms with Gasteiger partial charge in [0.05, 0.1) is 45.1 Å². The number of nitrogens with one attached hydrogen (secondary N) is 2. The molecule has 2 N–H and O–H groups in total. The molecule has 1 aliphatic heterocycles. The summed E-state index contributed by atoms with van der Waals surface area (Å²) < 4.78 is 78.1. The van der Waals surface area contributed by atoms with Crippen LogP contribution >= 0.6 is 22.4 Å². The normalized spacial score (nSPS) is 15.9. The number of halogens is 2. The Morgan fingerprint density at radius 3 is 2.66 bits per heavy atom. The summed E-state index contributed by atoms with van der Waals surface area (Å²) in [5.41, 5.74) is 2.12. The predicted octanol–water partition coefficient (Wildman–Crippen LogP) is 6.20. The van der Waals surface area contributed by atoms with Gasteiger partial charge in [-0.05, 0) is 66.1 Å². The fourth-order valence-electron chi connectivity index (χ4n) is 4.58. The number of anilines is 3. The number of hydrogen-bond acceptors (Lipinski definition) is 10. The molecule has 1 saturated heterocycles. The molecule has 0 spiro atoms. The van der Waals surface area contributed by atoms with Crippen molar-refractivity contribution in [2.45, 2.75) is 25.2 Å². The zero-order valence-corrected chi connectivity index (χ0v) is 26.4. The van der Waals surface area contributed by atoms with E-state index in [1.54, 1.807) is 43.3 Å². The number of rotatable bonds is 11. The highest BCUT2D eigenvalue weighted by molar-refractivity contribution is 8.72. The second-order valence-corrected chi connectivity index (χ2v) is 16.3. The first kappa shape index (κ1) is 31.6. The molecule has 44 heavy (non-hydrogen) atoms. The first-order valence-electron chi connectivity index (χ1n) is 13.3. The summed E-state index contributed by atoms with van der Waals surface area (Å²) in [7, 11) is -6.92. The van der Waals surface area contributed by atoms with Crippen molar-refractivity contribution in [3.8, 4) is 17.6 Å². The molecule has 0 amide bonds. The summed E-state index contributed by atoms with van der Waals surface area (Å²) in [6, 6.07) is 16.0. The molecule has 0 aliphatic carbocycles. The van der Waals surface area contributed by atoms with Crippen LogP contribution < -0.4 is 19.5 Å². The van der Waals surface area contributed by atoms with Gasteiger partial charge < -0.3 is 14.8 Å². The first-order valence-corrected chi connectivity index (χ1v) is 18.4. The molecule has 2 heterocycles. The van der Waals surface area contributed by atoms with Crippen LogP contribution in [-0.4, -0.2) is 45.2 Å². The van der Waals surface area contributed by atoms with Gasteiger partial charge in [-0.25, -0.2) is 21.2 Å². The second kappa shape index (κ2) is 13.1. The average Bonchev–Trinajstić information content (AvgIpc) is 3.29. The molecule has 1 atom stereocenters. The van der Waals surface area contributed by atoms with E-state index >= 15 is 0 Å². The number of nitriles is 1. The third-order valence-electron chi connectivity index (χ3n) is 6.64. The topological polar surface area (TPSA) is 147 Å². The van der Waals surface area contributed by atoms with E-state index in [0.717, 1.165) is 10.8 Å². The molecule has 3 aromatic carbocycles. The predicted molar refractivity (Wildman–Crippen MR) is 170 cm³/mol. The summed E-state index contributed by atoms with van der Waals surface area (Å²) in [6.07, 6.45) is 1.62. The number of ether oxygens (including phenoxy) is 2. The van der Waals surface area contributed by atoms with Crippen molar-refractivity contribution in [1.29, 1.82) is 5.26 Å².